The number of carbonyl (C=O) groups excluding carboxylic acids is 2. The zero-order valence-corrected chi connectivity index (χ0v) is 11.3. The number of ether oxygens (including phenoxy) is 1. The van der Waals surface area contributed by atoms with Crippen molar-refractivity contribution in [3.8, 4) is 0 Å². The van der Waals surface area contributed by atoms with Crippen molar-refractivity contribution in [2.24, 2.45) is 10.9 Å². The molecule has 6 nitrogen and oxygen atoms in total. The highest BCUT2D eigenvalue weighted by atomic mass is 16.5. The summed E-state index contributed by atoms with van der Waals surface area (Å²) in [6.45, 7) is 1.87. The number of aliphatic hydroxyl groups is 1. The monoisotopic (exact) mass is 268 g/mol. The lowest BCUT2D eigenvalue weighted by molar-refractivity contribution is -0.152. The molecule has 0 saturated heterocycles. The summed E-state index contributed by atoms with van der Waals surface area (Å²) in [6, 6.07) is -1.21. The molecule has 0 radical (unpaired) electrons. The van der Waals surface area contributed by atoms with Crippen molar-refractivity contribution in [3.05, 3.63) is 0 Å². The van der Waals surface area contributed by atoms with Crippen LogP contribution in [0.4, 0.5) is 0 Å². The van der Waals surface area contributed by atoms with Crippen LogP contribution in [0.5, 0.6) is 0 Å². The second-order valence-electron chi connectivity index (χ2n) is 5.01. The van der Waals surface area contributed by atoms with Crippen molar-refractivity contribution >= 4 is 17.6 Å². The van der Waals surface area contributed by atoms with Crippen LogP contribution in [0.2, 0.25) is 0 Å². The lowest BCUT2D eigenvalue weighted by Crippen LogP contribution is -2.54. The topological polar surface area (TPSA) is 79.2 Å². The molecule has 1 saturated carbocycles. The van der Waals surface area contributed by atoms with Gasteiger partial charge in [-0.3, -0.25) is 4.79 Å². The fourth-order valence-corrected chi connectivity index (χ4v) is 2.71. The van der Waals surface area contributed by atoms with Gasteiger partial charge in [0.2, 0.25) is 11.8 Å². The second-order valence-corrected chi connectivity index (χ2v) is 5.01. The van der Waals surface area contributed by atoms with E-state index in [0.717, 1.165) is 25.7 Å². The molecular weight excluding hydrogens is 248 g/mol. The number of aliphatic hydroxyl groups excluding tert-OH is 1. The van der Waals surface area contributed by atoms with Crippen LogP contribution in [0, 0.1) is 5.92 Å². The number of carbonyl (C=O) groups is 2. The van der Waals surface area contributed by atoms with Crippen molar-refractivity contribution in [2.75, 3.05) is 13.7 Å². The smallest absolute Gasteiger partial charge is 0.338 e. The highest BCUT2D eigenvalue weighted by Crippen LogP contribution is 2.29. The van der Waals surface area contributed by atoms with Gasteiger partial charge in [-0.2, -0.15) is 0 Å². The quantitative estimate of drug-likeness (QED) is 0.590. The van der Waals surface area contributed by atoms with Gasteiger partial charge in [0.05, 0.1) is 6.61 Å². The molecule has 1 heterocycles. The summed E-state index contributed by atoms with van der Waals surface area (Å²) in [5.74, 6) is -0.398. The van der Waals surface area contributed by atoms with E-state index in [0.29, 0.717) is 5.84 Å². The first-order chi connectivity index (χ1) is 9.06. The summed E-state index contributed by atoms with van der Waals surface area (Å²) in [5, 5.41) is 9.95. The van der Waals surface area contributed by atoms with Gasteiger partial charge in [0.25, 0.3) is 0 Å². The Kier molecular flexibility index (Phi) is 4.19. The minimum Gasteiger partial charge on any atom is -0.464 e. The number of aliphatic imine (C=N–C) groups is 1. The summed E-state index contributed by atoms with van der Waals surface area (Å²) >= 11 is 0. The number of Topliss-reactive ketones (excluding diaryl/α,β-unsaturated/α-hetero) is 1. The van der Waals surface area contributed by atoms with Crippen molar-refractivity contribution in [2.45, 2.75) is 44.9 Å². The van der Waals surface area contributed by atoms with Crippen molar-refractivity contribution in [3.63, 3.8) is 0 Å². The van der Waals surface area contributed by atoms with Crippen LogP contribution in [-0.2, 0) is 14.3 Å². The molecule has 0 amide bonds. The number of esters is 1. The van der Waals surface area contributed by atoms with Gasteiger partial charge in [-0.25, -0.2) is 9.79 Å². The van der Waals surface area contributed by atoms with Crippen LogP contribution >= 0.6 is 0 Å². The predicted octanol–water partition coefficient (Wildman–Crippen LogP) is 0.340. The number of nitrogens with zero attached hydrogens (tertiary/aromatic N) is 2. The minimum absolute atomic E-state index is 0.197. The number of rotatable bonds is 3. The molecule has 6 heteroatoms. The first kappa shape index (κ1) is 14.0. The van der Waals surface area contributed by atoms with Crippen molar-refractivity contribution in [1.29, 1.82) is 0 Å². The van der Waals surface area contributed by atoms with Gasteiger partial charge in [0.1, 0.15) is 5.84 Å². The predicted molar refractivity (Wildman–Crippen MR) is 68.6 cm³/mol. The van der Waals surface area contributed by atoms with Gasteiger partial charge >= 0.3 is 5.97 Å². The molecular formula is C13H20N2O4. The zero-order valence-electron chi connectivity index (χ0n) is 11.3. The van der Waals surface area contributed by atoms with Gasteiger partial charge in [0.15, 0.2) is 6.23 Å². The van der Waals surface area contributed by atoms with Gasteiger partial charge in [-0.15, -0.1) is 0 Å². The van der Waals surface area contributed by atoms with E-state index in [1.54, 1.807) is 14.0 Å². The molecule has 2 rings (SSSR count). The summed E-state index contributed by atoms with van der Waals surface area (Å²) in [7, 11) is 1.64. The Morgan fingerprint density at radius 3 is 2.68 bits per heavy atom. The van der Waals surface area contributed by atoms with E-state index < -0.39 is 24.0 Å². The number of hydrogen-bond acceptors (Lipinski definition) is 6. The highest BCUT2D eigenvalue weighted by molar-refractivity contribution is 6.10. The molecule has 0 aromatic heterocycles. The summed E-state index contributed by atoms with van der Waals surface area (Å²) in [4.78, 5) is 29.4. The zero-order chi connectivity index (χ0) is 14.0. The van der Waals surface area contributed by atoms with E-state index in [2.05, 4.69) is 4.99 Å². The summed E-state index contributed by atoms with van der Waals surface area (Å²) in [5.41, 5.74) is 0. The van der Waals surface area contributed by atoms with E-state index in [1.165, 1.54) is 4.90 Å². The molecule has 106 valence electrons. The van der Waals surface area contributed by atoms with E-state index in [-0.39, 0.29) is 12.5 Å². The molecule has 2 unspecified atom stereocenters. The van der Waals surface area contributed by atoms with E-state index >= 15 is 0 Å². The van der Waals surface area contributed by atoms with Crippen LogP contribution in [0.1, 0.15) is 32.6 Å². The maximum absolute atomic E-state index is 11.9. The lowest BCUT2D eigenvalue weighted by Gasteiger charge is -2.34. The molecule has 0 spiro atoms. The summed E-state index contributed by atoms with van der Waals surface area (Å²) < 4.78 is 4.85. The average Bonchev–Trinajstić information content (AvgIpc) is 2.90. The third kappa shape index (κ3) is 2.63. The van der Waals surface area contributed by atoms with Crippen molar-refractivity contribution in [1.82, 2.24) is 4.90 Å². The fraction of sp³-hybridized carbons (Fsp3) is 0.769. The lowest BCUT2D eigenvalue weighted by atomic mass is 10.0. The van der Waals surface area contributed by atoms with Gasteiger partial charge in [-0.1, -0.05) is 12.8 Å². The van der Waals surface area contributed by atoms with E-state index in [9.17, 15) is 14.7 Å². The maximum Gasteiger partial charge on any atom is 0.338 e. The minimum atomic E-state index is -1.30. The normalized spacial score (nSPS) is 28.5. The third-order valence-corrected chi connectivity index (χ3v) is 3.74. The van der Waals surface area contributed by atoms with E-state index in [1.807, 2.05) is 0 Å². The average molecular weight is 268 g/mol. The largest absolute Gasteiger partial charge is 0.464 e. The van der Waals surface area contributed by atoms with Crippen LogP contribution in [0.25, 0.3) is 0 Å². The Bertz CT molecular complexity index is 401. The van der Waals surface area contributed by atoms with Crippen LogP contribution < -0.4 is 0 Å². The molecule has 1 fully saturated rings. The van der Waals surface area contributed by atoms with Crippen LogP contribution in [0.3, 0.4) is 0 Å². The molecule has 1 aliphatic heterocycles. The molecule has 2 aliphatic rings. The van der Waals surface area contributed by atoms with Crippen LogP contribution in [0.15, 0.2) is 4.99 Å². The number of amidine groups is 1. The Morgan fingerprint density at radius 2 is 2.11 bits per heavy atom. The fourth-order valence-electron chi connectivity index (χ4n) is 2.71. The molecule has 2 atom stereocenters. The highest BCUT2D eigenvalue weighted by Gasteiger charge is 2.42. The third-order valence-electron chi connectivity index (χ3n) is 3.74. The van der Waals surface area contributed by atoms with Gasteiger partial charge in [0, 0.05) is 13.0 Å². The Hall–Kier alpha value is -1.43. The molecule has 1 aliphatic carbocycles. The Balaban J connectivity index is 2.26. The summed E-state index contributed by atoms with van der Waals surface area (Å²) in [6.07, 6.45) is 2.90. The van der Waals surface area contributed by atoms with Crippen LogP contribution in [-0.4, -0.2) is 53.5 Å². The van der Waals surface area contributed by atoms with E-state index in [4.69, 9.17) is 4.74 Å². The number of ketones is 1. The molecule has 19 heavy (non-hydrogen) atoms. The van der Waals surface area contributed by atoms with Gasteiger partial charge in [-0.05, 0) is 19.8 Å². The first-order valence-corrected chi connectivity index (χ1v) is 6.75. The molecule has 1 N–H and O–H groups in total. The van der Waals surface area contributed by atoms with Crippen molar-refractivity contribution < 1.29 is 19.4 Å². The molecule has 0 aromatic carbocycles. The molecule has 0 bridgehead atoms. The Labute approximate surface area is 112 Å². The molecule has 0 aromatic rings. The Morgan fingerprint density at radius 1 is 1.47 bits per heavy atom. The van der Waals surface area contributed by atoms with Gasteiger partial charge < -0.3 is 14.7 Å². The SMILES string of the molecule is CCOC(=O)C1N=C(C2CCCC2)N(C)C(O)C1=O. The first-order valence-electron chi connectivity index (χ1n) is 6.75. The second kappa shape index (κ2) is 5.69. The number of likely N-dealkylation sites (N-methyl/N-ethyl adjacent to an activating group) is 1. The standard InChI is InChI=1S/C13H20N2O4/c1-3-19-13(18)9-10(16)12(17)15(2)11(14-9)8-6-4-5-7-8/h8-9,12,17H,3-7H2,1-2H3. The number of hydrogen-bond donors (Lipinski definition) is 1. The maximum atomic E-state index is 11.9.